The Bertz CT molecular complexity index is 1050. The number of halogens is 1. The number of carbonyl (C=O) groups excluding carboxylic acids is 2. The van der Waals surface area contributed by atoms with E-state index >= 15 is 0 Å². The molecule has 0 aromatic carbocycles. The standard InChI is InChI=1S/C22H28ClN5O5/c1-5-32-18(29)13-28-17(23)10-25-19(20(28)30)26-16-12-27(21(31)33-22(2,3)4)11-14(16)15-8-6-7-9-24-15/h6-10,14,16H,5,11-13H2,1-4H3,(H,25,26). The Morgan fingerprint density at radius 2 is 2.00 bits per heavy atom. The first-order valence-electron chi connectivity index (χ1n) is 10.7. The average molecular weight is 478 g/mol. The molecule has 11 heteroatoms. The molecule has 1 saturated heterocycles. The monoisotopic (exact) mass is 477 g/mol. The number of pyridine rings is 1. The maximum Gasteiger partial charge on any atom is 0.410 e. The van der Waals surface area contributed by atoms with E-state index in [1.807, 2.05) is 12.1 Å². The van der Waals surface area contributed by atoms with Gasteiger partial charge in [-0.3, -0.25) is 19.1 Å². The summed E-state index contributed by atoms with van der Waals surface area (Å²) in [5, 5.41) is 3.15. The van der Waals surface area contributed by atoms with Gasteiger partial charge in [-0.05, 0) is 39.8 Å². The summed E-state index contributed by atoms with van der Waals surface area (Å²) in [6, 6.07) is 5.17. The molecule has 1 N–H and O–H groups in total. The van der Waals surface area contributed by atoms with Crippen molar-refractivity contribution in [1.82, 2.24) is 19.4 Å². The molecule has 178 valence electrons. The van der Waals surface area contributed by atoms with Crippen molar-refractivity contribution in [2.45, 2.75) is 51.8 Å². The minimum atomic E-state index is -0.637. The maximum absolute atomic E-state index is 13.0. The van der Waals surface area contributed by atoms with Crippen LogP contribution in [0.1, 0.15) is 39.3 Å². The Balaban J connectivity index is 1.87. The summed E-state index contributed by atoms with van der Waals surface area (Å²) in [5.41, 5.74) is -0.435. The summed E-state index contributed by atoms with van der Waals surface area (Å²) in [6.45, 7) is 7.57. The molecule has 2 aromatic heterocycles. The van der Waals surface area contributed by atoms with Crippen molar-refractivity contribution in [3.05, 3.63) is 51.8 Å². The SMILES string of the molecule is CCOC(=O)Cn1c(Cl)cnc(NC2CN(C(=O)OC(C)(C)C)CC2c2ccccn2)c1=O. The molecule has 1 amide bonds. The minimum Gasteiger partial charge on any atom is -0.465 e. The number of amides is 1. The van der Waals surface area contributed by atoms with Crippen LogP contribution >= 0.6 is 11.6 Å². The van der Waals surface area contributed by atoms with Crippen molar-refractivity contribution in [1.29, 1.82) is 0 Å². The molecule has 0 radical (unpaired) electrons. The number of aromatic nitrogens is 3. The summed E-state index contributed by atoms with van der Waals surface area (Å²) in [5.74, 6) is -0.781. The molecule has 10 nitrogen and oxygen atoms in total. The van der Waals surface area contributed by atoms with Crippen LogP contribution in [-0.2, 0) is 20.8 Å². The molecule has 2 atom stereocenters. The van der Waals surface area contributed by atoms with Crippen LogP contribution in [0.25, 0.3) is 0 Å². The number of hydrogen-bond acceptors (Lipinski definition) is 8. The molecule has 33 heavy (non-hydrogen) atoms. The number of likely N-dealkylation sites (tertiary alicyclic amines) is 1. The number of ether oxygens (including phenoxy) is 2. The van der Waals surface area contributed by atoms with Gasteiger partial charge >= 0.3 is 12.1 Å². The first-order valence-corrected chi connectivity index (χ1v) is 11.0. The zero-order valence-electron chi connectivity index (χ0n) is 19.1. The smallest absolute Gasteiger partial charge is 0.410 e. The molecule has 3 heterocycles. The van der Waals surface area contributed by atoms with Crippen molar-refractivity contribution >= 4 is 29.5 Å². The Morgan fingerprint density at radius 3 is 2.64 bits per heavy atom. The summed E-state index contributed by atoms with van der Waals surface area (Å²) in [7, 11) is 0. The van der Waals surface area contributed by atoms with Gasteiger partial charge in [0, 0.05) is 30.9 Å². The van der Waals surface area contributed by atoms with Gasteiger partial charge in [0.05, 0.1) is 18.8 Å². The van der Waals surface area contributed by atoms with Gasteiger partial charge in [-0.1, -0.05) is 17.7 Å². The summed E-state index contributed by atoms with van der Waals surface area (Å²) in [6.07, 6.45) is 2.52. The molecular weight excluding hydrogens is 450 g/mol. The number of nitrogens with zero attached hydrogens (tertiary/aromatic N) is 4. The highest BCUT2D eigenvalue weighted by Crippen LogP contribution is 2.29. The second kappa shape index (κ2) is 10.2. The third kappa shape index (κ3) is 6.22. The van der Waals surface area contributed by atoms with Crippen molar-refractivity contribution in [3.63, 3.8) is 0 Å². The second-order valence-corrected chi connectivity index (χ2v) is 9.01. The maximum atomic E-state index is 13.0. The normalized spacial score (nSPS) is 18.2. The Labute approximate surface area is 196 Å². The van der Waals surface area contributed by atoms with Crippen LogP contribution in [0.15, 0.2) is 35.4 Å². The first-order chi connectivity index (χ1) is 15.6. The average Bonchev–Trinajstić information content (AvgIpc) is 3.17. The van der Waals surface area contributed by atoms with Crippen LogP contribution in [0.2, 0.25) is 5.15 Å². The molecular formula is C22H28ClN5O5. The van der Waals surface area contributed by atoms with Gasteiger partial charge in [0.15, 0.2) is 5.82 Å². The number of rotatable bonds is 6. The third-order valence-electron chi connectivity index (χ3n) is 4.96. The van der Waals surface area contributed by atoms with E-state index in [1.165, 1.54) is 6.20 Å². The highest BCUT2D eigenvalue weighted by molar-refractivity contribution is 6.29. The van der Waals surface area contributed by atoms with Crippen molar-refractivity contribution in [3.8, 4) is 0 Å². The van der Waals surface area contributed by atoms with E-state index in [-0.39, 0.29) is 42.6 Å². The molecule has 3 rings (SSSR count). The molecule has 0 saturated carbocycles. The number of carbonyl (C=O) groups is 2. The van der Waals surface area contributed by atoms with Crippen molar-refractivity contribution in [2.24, 2.45) is 0 Å². The van der Waals surface area contributed by atoms with Gasteiger partial charge in [0.25, 0.3) is 5.56 Å². The fraction of sp³-hybridized carbons (Fsp3) is 0.500. The van der Waals surface area contributed by atoms with E-state index in [1.54, 1.807) is 44.9 Å². The zero-order valence-corrected chi connectivity index (χ0v) is 19.8. The lowest BCUT2D eigenvalue weighted by Gasteiger charge is -2.24. The summed E-state index contributed by atoms with van der Waals surface area (Å²) < 4.78 is 11.5. The Hall–Kier alpha value is -3.14. The predicted molar refractivity (Wildman–Crippen MR) is 122 cm³/mol. The summed E-state index contributed by atoms with van der Waals surface area (Å²) >= 11 is 6.10. The van der Waals surface area contributed by atoms with E-state index in [9.17, 15) is 14.4 Å². The van der Waals surface area contributed by atoms with Crippen molar-refractivity contribution < 1.29 is 19.1 Å². The lowest BCUT2D eigenvalue weighted by atomic mass is 9.99. The first kappa shape index (κ1) is 24.5. The summed E-state index contributed by atoms with van der Waals surface area (Å²) in [4.78, 5) is 47.7. The van der Waals surface area contributed by atoms with Gasteiger partial charge in [-0.25, -0.2) is 9.78 Å². The zero-order chi connectivity index (χ0) is 24.2. The fourth-order valence-electron chi connectivity index (χ4n) is 3.55. The Morgan fingerprint density at radius 1 is 1.24 bits per heavy atom. The van der Waals surface area contributed by atoms with E-state index in [2.05, 4.69) is 15.3 Å². The number of nitrogens with one attached hydrogen (secondary N) is 1. The highest BCUT2D eigenvalue weighted by Gasteiger charge is 2.39. The lowest BCUT2D eigenvalue weighted by Crippen LogP contribution is -2.37. The van der Waals surface area contributed by atoms with E-state index in [0.29, 0.717) is 6.54 Å². The van der Waals surface area contributed by atoms with Gasteiger partial charge in [-0.15, -0.1) is 0 Å². The van der Waals surface area contributed by atoms with E-state index < -0.39 is 23.2 Å². The number of anilines is 1. The van der Waals surface area contributed by atoms with Crippen LogP contribution in [0, 0.1) is 0 Å². The van der Waals surface area contributed by atoms with Crippen LogP contribution < -0.4 is 10.9 Å². The molecule has 2 aromatic rings. The van der Waals surface area contributed by atoms with E-state index in [0.717, 1.165) is 10.3 Å². The van der Waals surface area contributed by atoms with Gasteiger partial charge in [0.2, 0.25) is 0 Å². The Kier molecular flexibility index (Phi) is 7.57. The molecule has 0 aliphatic carbocycles. The minimum absolute atomic E-state index is 0.0145. The molecule has 0 spiro atoms. The van der Waals surface area contributed by atoms with Gasteiger partial charge < -0.3 is 19.7 Å². The fourth-order valence-corrected chi connectivity index (χ4v) is 3.73. The van der Waals surface area contributed by atoms with E-state index in [4.69, 9.17) is 21.1 Å². The molecule has 1 aliphatic heterocycles. The molecule has 0 bridgehead atoms. The van der Waals surface area contributed by atoms with Gasteiger partial charge in [0.1, 0.15) is 17.3 Å². The molecule has 1 fully saturated rings. The van der Waals surface area contributed by atoms with Crippen LogP contribution in [0.4, 0.5) is 10.6 Å². The topological polar surface area (TPSA) is 116 Å². The third-order valence-corrected chi connectivity index (χ3v) is 5.26. The largest absolute Gasteiger partial charge is 0.465 e. The molecule has 1 aliphatic rings. The lowest BCUT2D eigenvalue weighted by molar-refractivity contribution is -0.143. The van der Waals surface area contributed by atoms with Crippen LogP contribution in [-0.4, -0.2) is 62.8 Å². The second-order valence-electron chi connectivity index (χ2n) is 8.62. The van der Waals surface area contributed by atoms with Crippen molar-refractivity contribution in [2.75, 3.05) is 25.0 Å². The predicted octanol–water partition coefficient (Wildman–Crippen LogP) is 2.67. The number of hydrogen-bond donors (Lipinski definition) is 1. The number of esters is 1. The quantitative estimate of drug-likeness (QED) is 0.631. The van der Waals surface area contributed by atoms with Gasteiger partial charge in [-0.2, -0.15) is 0 Å². The molecule has 2 unspecified atom stereocenters. The highest BCUT2D eigenvalue weighted by atomic mass is 35.5. The van der Waals surface area contributed by atoms with Crippen LogP contribution in [0.3, 0.4) is 0 Å². The van der Waals surface area contributed by atoms with Crippen LogP contribution in [0.5, 0.6) is 0 Å².